The molecular formula is C28H40O5. The molecule has 1 aromatic rings. The van der Waals surface area contributed by atoms with Crippen molar-refractivity contribution >= 4 is 11.9 Å². The lowest BCUT2D eigenvalue weighted by Crippen LogP contribution is -2.25. The first-order chi connectivity index (χ1) is 15.9. The molecule has 0 aliphatic heterocycles. The van der Waals surface area contributed by atoms with Gasteiger partial charge in [-0.25, -0.2) is 9.59 Å². The van der Waals surface area contributed by atoms with Crippen molar-refractivity contribution in [3.05, 3.63) is 41.5 Å². The van der Waals surface area contributed by atoms with Gasteiger partial charge >= 0.3 is 11.9 Å². The maximum absolute atomic E-state index is 11.9. The number of hydrogen-bond acceptors (Lipinski definition) is 4. The third kappa shape index (κ3) is 7.09. The zero-order chi connectivity index (χ0) is 23.8. The fourth-order valence-electron chi connectivity index (χ4n) is 5.84. The number of hydrogen-bond donors (Lipinski definition) is 1. The van der Waals surface area contributed by atoms with Crippen molar-refractivity contribution in [2.75, 3.05) is 13.2 Å². The largest absolute Gasteiger partial charge is 0.490 e. The van der Waals surface area contributed by atoms with Crippen molar-refractivity contribution < 1.29 is 24.2 Å². The molecule has 0 bridgehead atoms. The standard InChI is InChI=1S/C28H40O5/c1-4-5-20-6-8-21(9-7-20)22-10-12-23(13-11-22)26-18-24(14-15-25(26)27(29)30)32-16-17-33-28(31)19(2)3/h14-15,18,20-23H,2,4-13,16-17H2,1,3H3,(H,29,30)/t20-,21-,22?,23?. The van der Waals surface area contributed by atoms with Crippen LogP contribution in [0, 0.1) is 17.8 Å². The van der Waals surface area contributed by atoms with E-state index in [-0.39, 0.29) is 19.1 Å². The van der Waals surface area contributed by atoms with E-state index in [0.717, 1.165) is 36.2 Å². The molecule has 0 unspecified atom stereocenters. The van der Waals surface area contributed by atoms with Crippen molar-refractivity contribution in [1.82, 2.24) is 0 Å². The first-order valence-corrected chi connectivity index (χ1v) is 12.7. The van der Waals surface area contributed by atoms with Gasteiger partial charge in [0, 0.05) is 5.57 Å². The first kappa shape index (κ1) is 25.3. The van der Waals surface area contributed by atoms with Gasteiger partial charge in [0.05, 0.1) is 5.56 Å². The molecule has 182 valence electrons. The van der Waals surface area contributed by atoms with Crippen LogP contribution in [-0.4, -0.2) is 30.3 Å². The Morgan fingerprint density at radius 1 is 1.00 bits per heavy atom. The van der Waals surface area contributed by atoms with Gasteiger partial charge in [0.25, 0.3) is 0 Å². The molecule has 0 amide bonds. The summed E-state index contributed by atoms with van der Waals surface area (Å²) < 4.78 is 10.8. The molecule has 5 heteroatoms. The lowest BCUT2D eigenvalue weighted by Gasteiger charge is -2.38. The number of benzene rings is 1. The van der Waals surface area contributed by atoms with E-state index in [1.165, 1.54) is 51.4 Å². The number of carboxylic acids is 1. The normalized spacial score (nSPS) is 25.3. The molecule has 2 saturated carbocycles. The van der Waals surface area contributed by atoms with Crippen LogP contribution >= 0.6 is 0 Å². The number of esters is 1. The number of rotatable bonds is 10. The van der Waals surface area contributed by atoms with Crippen LogP contribution in [0.2, 0.25) is 0 Å². The average Bonchev–Trinajstić information content (AvgIpc) is 2.82. The van der Waals surface area contributed by atoms with Crippen molar-refractivity contribution in [2.24, 2.45) is 17.8 Å². The van der Waals surface area contributed by atoms with Gasteiger partial charge < -0.3 is 14.6 Å². The molecule has 0 atom stereocenters. The molecule has 1 N–H and O–H groups in total. The summed E-state index contributed by atoms with van der Waals surface area (Å²) in [5.41, 5.74) is 1.61. The van der Waals surface area contributed by atoms with Crippen LogP contribution in [0.1, 0.15) is 99.9 Å². The quantitative estimate of drug-likeness (QED) is 0.239. The van der Waals surface area contributed by atoms with Gasteiger partial charge in [-0.3, -0.25) is 0 Å². The van der Waals surface area contributed by atoms with Crippen LogP contribution in [0.3, 0.4) is 0 Å². The van der Waals surface area contributed by atoms with E-state index >= 15 is 0 Å². The van der Waals surface area contributed by atoms with Gasteiger partial charge in [-0.1, -0.05) is 39.2 Å². The Morgan fingerprint density at radius 2 is 1.64 bits per heavy atom. The summed E-state index contributed by atoms with van der Waals surface area (Å²) in [6.07, 6.45) is 12.7. The first-order valence-electron chi connectivity index (χ1n) is 12.7. The summed E-state index contributed by atoms with van der Waals surface area (Å²) in [4.78, 5) is 23.3. The molecule has 0 heterocycles. The summed E-state index contributed by atoms with van der Waals surface area (Å²) in [7, 11) is 0. The summed E-state index contributed by atoms with van der Waals surface area (Å²) in [5.74, 6) is 2.15. The molecule has 2 aliphatic rings. The van der Waals surface area contributed by atoms with E-state index < -0.39 is 11.9 Å². The predicted molar refractivity (Wildman–Crippen MR) is 130 cm³/mol. The summed E-state index contributed by atoms with van der Waals surface area (Å²) in [5, 5.41) is 9.73. The highest BCUT2D eigenvalue weighted by Gasteiger charge is 2.32. The lowest BCUT2D eigenvalue weighted by atomic mass is 9.67. The SMILES string of the molecule is C=C(C)C(=O)OCCOc1ccc(C(=O)O)c(C2CCC([C@H]3CC[C@H](CCC)CC3)CC2)c1. The highest BCUT2D eigenvalue weighted by Crippen LogP contribution is 2.45. The maximum Gasteiger partial charge on any atom is 0.335 e. The Morgan fingerprint density at radius 3 is 2.21 bits per heavy atom. The molecule has 2 fully saturated rings. The molecule has 0 spiro atoms. The Bertz CT molecular complexity index is 814. The minimum absolute atomic E-state index is 0.132. The predicted octanol–water partition coefficient (Wildman–Crippen LogP) is 6.76. The molecule has 0 saturated heterocycles. The zero-order valence-electron chi connectivity index (χ0n) is 20.3. The topological polar surface area (TPSA) is 72.8 Å². The van der Waals surface area contributed by atoms with E-state index in [4.69, 9.17) is 9.47 Å². The van der Waals surface area contributed by atoms with Crippen LogP contribution in [0.4, 0.5) is 0 Å². The lowest BCUT2D eigenvalue weighted by molar-refractivity contribution is -0.139. The zero-order valence-corrected chi connectivity index (χ0v) is 20.3. The second-order valence-corrected chi connectivity index (χ2v) is 10.0. The number of carbonyl (C=O) groups excluding carboxylic acids is 1. The minimum atomic E-state index is -0.886. The molecular weight excluding hydrogens is 416 g/mol. The molecule has 0 radical (unpaired) electrons. The van der Waals surface area contributed by atoms with Crippen LogP contribution in [-0.2, 0) is 9.53 Å². The molecule has 33 heavy (non-hydrogen) atoms. The van der Waals surface area contributed by atoms with Gasteiger partial charge in [-0.05, 0) is 92.9 Å². The van der Waals surface area contributed by atoms with Crippen LogP contribution in [0.15, 0.2) is 30.4 Å². The van der Waals surface area contributed by atoms with Crippen molar-refractivity contribution in [3.8, 4) is 5.75 Å². The molecule has 1 aromatic carbocycles. The second-order valence-electron chi connectivity index (χ2n) is 10.0. The van der Waals surface area contributed by atoms with E-state index in [2.05, 4.69) is 13.5 Å². The third-order valence-electron chi connectivity index (χ3n) is 7.65. The third-order valence-corrected chi connectivity index (χ3v) is 7.65. The Balaban J connectivity index is 1.55. The number of aromatic carboxylic acids is 1. The summed E-state index contributed by atoms with van der Waals surface area (Å²) in [6, 6.07) is 5.22. The van der Waals surface area contributed by atoms with Gasteiger partial charge in [-0.2, -0.15) is 0 Å². The molecule has 3 rings (SSSR count). The van der Waals surface area contributed by atoms with E-state index in [1.807, 2.05) is 6.07 Å². The van der Waals surface area contributed by atoms with Gasteiger partial charge in [0.2, 0.25) is 0 Å². The van der Waals surface area contributed by atoms with Crippen LogP contribution < -0.4 is 4.74 Å². The van der Waals surface area contributed by atoms with E-state index in [1.54, 1.807) is 19.1 Å². The molecule has 0 aromatic heterocycles. The van der Waals surface area contributed by atoms with Crippen LogP contribution in [0.5, 0.6) is 5.75 Å². The maximum atomic E-state index is 11.9. The van der Waals surface area contributed by atoms with Crippen molar-refractivity contribution in [1.29, 1.82) is 0 Å². The monoisotopic (exact) mass is 456 g/mol. The summed E-state index contributed by atoms with van der Waals surface area (Å²) in [6.45, 7) is 7.80. The van der Waals surface area contributed by atoms with Gasteiger partial charge in [0.1, 0.15) is 19.0 Å². The fraction of sp³-hybridized carbons (Fsp3) is 0.643. The van der Waals surface area contributed by atoms with Crippen molar-refractivity contribution in [2.45, 2.75) is 84.0 Å². The summed E-state index contributed by atoms with van der Waals surface area (Å²) >= 11 is 0. The minimum Gasteiger partial charge on any atom is -0.490 e. The van der Waals surface area contributed by atoms with Gasteiger partial charge in [-0.15, -0.1) is 0 Å². The Labute approximate surface area is 198 Å². The molecule has 2 aliphatic carbocycles. The number of carbonyl (C=O) groups is 2. The van der Waals surface area contributed by atoms with Gasteiger partial charge in [0.15, 0.2) is 0 Å². The highest BCUT2D eigenvalue weighted by atomic mass is 16.6. The fourth-order valence-corrected chi connectivity index (χ4v) is 5.84. The second kappa shape index (κ2) is 12.2. The smallest absolute Gasteiger partial charge is 0.335 e. The Kier molecular flexibility index (Phi) is 9.40. The Hall–Kier alpha value is -2.30. The van der Waals surface area contributed by atoms with E-state index in [0.29, 0.717) is 16.9 Å². The average molecular weight is 457 g/mol. The number of ether oxygens (including phenoxy) is 2. The highest BCUT2D eigenvalue weighted by molar-refractivity contribution is 5.90. The van der Waals surface area contributed by atoms with E-state index in [9.17, 15) is 14.7 Å². The molecule has 5 nitrogen and oxygen atoms in total. The van der Waals surface area contributed by atoms with Crippen molar-refractivity contribution in [3.63, 3.8) is 0 Å². The van der Waals surface area contributed by atoms with Crippen LogP contribution in [0.25, 0.3) is 0 Å². The number of carboxylic acid groups (broad SMARTS) is 1.